The summed E-state index contributed by atoms with van der Waals surface area (Å²) in [5, 5.41) is 9.66. The molecule has 3 aromatic rings. The van der Waals surface area contributed by atoms with E-state index in [0.717, 1.165) is 21.2 Å². The minimum atomic E-state index is -0.462. The van der Waals surface area contributed by atoms with Crippen LogP contribution in [-0.4, -0.2) is 5.97 Å². The second kappa shape index (κ2) is 8.05. The van der Waals surface area contributed by atoms with Crippen LogP contribution in [0.25, 0.3) is 0 Å². The van der Waals surface area contributed by atoms with Gasteiger partial charge in [-0.1, -0.05) is 51.8 Å². The van der Waals surface area contributed by atoms with Crippen LogP contribution in [-0.2, 0) is 0 Å². The third kappa shape index (κ3) is 3.80. The van der Waals surface area contributed by atoms with Crippen molar-refractivity contribution in [2.45, 2.75) is 12.8 Å². The van der Waals surface area contributed by atoms with Crippen LogP contribution in [0.4, 0.5) is 0 Å². The Morgan fingerprint density at radius 3 is 2.60 bits per heavy atom. The highest BCUT2D eigenvalue weighted by molar-refractivity contribution is 9.10. The van der Waals surface area contributed by atoms with Gasteiger partial charge in [0.05, 0.1) is 11.5 Å². The Bertz CT molecular complexity index is 1210. The number of allylic oxidation sites excluding steroid dienone is 1. The number of nitrogens with zero attached hydrogens (tertiary/aromatic N) is 1. The fraction of sp³-hybridized carbons (Fsp3) is 0.0833. The highest BCUT2D eigenvalue weighted by Crippen LogP contribution is 2.43. The smallest absolute Gasteiger partial charge is 0.343 e. The number of carbonyl (C=O) groups excluding carboxylic acids is 1. The first-order chi connectivity index (χ1) is 14.5. The van der Waals surface area contributed by atoms with E-state index in [0.29, 0.717) is 22.6 Å². The summed E-state index contributed by atoms with van der Waals surface area (Å²) in [6, 6.07) is 22.1. The molecule has 0 saturated heterocycles. The lowest BCUT2D eigenvalue weighted by molar-refractivity contribution is 0.0734. The molecule has 2 N–H and O–H groups in total. The van der Waals surface area contributed by atoms with Crippen LogP contribution in [0.15, 0.2) is 82.7 Å². The molecule has 148 valence electrons. The Hall–Kier alpha value is -3.56. The molecule has 1 aliphatic rings. The number of hydrogen-bond acceptors (Lipinski definition) is 5. The number of benzene rings is 3. The molecule has 5 nitrogen and oxygen atoms in total. The van der Waals surface area contributed by atoms with Gasteiger partial charge in [0.15, 0.2) is 0 Å². The molecule has 1 heterocycles. The fourth-order valence-corrected chi connectivity index (χ4v) is 3.80. The quantitative estimate of drug-likeness (QED) is 0.429. The van der Waals surface area contributed by atoms with Crippen molar-refractivity contribution < 1.29 is 14.3 Å². The van der Waals surface area contributed by atoms with Crippen molar-refractivity contribution in [3.05, 3.63) is 105 Å². The number of esters is 1. The normalized spacial score (nSPS) is 15.0. The molecule has 0 fully saturated rings. The van der Waals surface area contributed by atoms with Crippen molar-refractivity contribution in [2.75, 3.05) is 0 Å². The first-order valence-corrected chi connectivity index (χ1v) is 10.0. The SMILES string of the molecule is Cc1ccc(C(=O)Oc2ccc3c(c2)OC(N)=C(C#N)C3c2cccc(Br)c2)cc1. The van der Waals surface area contributed by atoms with Gasteiger partial charge < -0.3 is 15.2 Å². The molecule has 6 heteroatoms. The molecule has 30 heavy (non-hydrogen) atoms. The second-order valence-electron chi connectivity index (χ2n) is 6.93. The fourth-order valence-electron chi connectivity index (χ4n) is 3.38. The van der Waals surface area contributed by atoms with E-state index in [4.69, 9.17) is 15.2 Å². The van der Waals surface area contributed by atoms with Crippen LogP contribution < -0.4 is 15.2 Å². The van der Waals surface area contributed by atoms with Gasteiger partial charge in [0, 0.05) is 16.1 Å². The molecule has 0 radical (unpaired) electrons. The molecule has 0 saturated carbocycles. The average molecular weight is 461 g/mol. The minimum absolute atomic E-state index is 0.0389. The van der Waals surface area contributed by atoms with Crippen LogP contribution in [0.1, 0.15) is 33.0 Å². The summed E-state index contributed by atoms with van der Waals surface area (Å²) in [6.07, 6.45) is 0. The maximum absolute atomic E-state index is 12.4. The zero-order chi connectivity index (χ0) is 21.3. The van der Waals surface area contributed by atoms with E-state index in [1.165, 1.54) is 0 Å². The van der Waals surface area contributed by atoms with Crippen molar-refractivity contribution >= 4 is 21.9 Å². The number of nitriles is 1. The number of aryl methyl sites for hydroxylation is 1. The number of fused-ring (bicyclic) bond motifs is 1. The van der Waals surface area contributed by atoms with Gasteiger partial charge in [0.1, 0.15) is 23.1 Å². The average Bonchev–Trinajstić information content (AvgIpc) is 2.73. The van der Waals surface area contributed by atoms with Crippen molar-refractivity contribution in [3.8, 4) is 17.6 Å². The molecule has 3 aromatic carbocycles. The van der Waals surface area contributed by atoms with Crippen molar-refractivity contribution in [1.82, 2.24) is 0 Å². The maximum Gasteiger partial charge on any atom is 0.343 e. The highest BCUT2D eigenvalue weighted by atomic mass is 79.9. The summed E-state index contributed by atoms with van der Waals surface area (Å²) < 4.78 is 12.1. The van der Waals surface area contributed by atoms with E-state index in [-0.39, 0.29) is 11.8 Å². The Balaban J connectivity index is 1.69. The van der Waals surface area contributed by atoms with Gasteiger partial charge in [-0.15, -0.1) is 0 Å². The third-order valence-corrected chi connectivity index (χ3v) is 5.36. The standard InChI is InChI=1S/C24H17BrN2O3/c1-14-5-7-15(8-6-14)24(28)29-18-9-10-19-21(12-18)30-23(27)20(13-26)22(19)16-3-2-4-17(25)11-16/h2-12,22H,27H2,1H3. The van der Waals surface area contributed by atoms with Crippen LogP contribution in [0.2, 0.25) is 0 Å². The van der Waals surface area contributed by atoms with Gasteiger partial charge >= 0.3 is 5.97 Å². The predicted octanol–water partition coefficient (Wildman–Crippen LogP) is 5.19. The molecule has 4 rings (SSSR count). The summed E-state index contributed by atoms with van der Waals surface area (Å²) in [5.41, 5.74) is 9.57. The van der Waals surface area contributed by atoms with E-state index in [9.17, 15) is 10.1 Å². The molecule has 1 atom stereocenters. The molecular formula is C24H17BrN2O3. The number of ether oxygens (including phenoxy) is 2. The van der Waals surface area contributed by atoms with Gasteiger partial charge in [-0.05, 0) is 42.8 Å². The van der Waals surface area contributed by atoms with Gasteiger partial charge in [-0.25, -0.2) is 4.79 Å². The van der Waals surface area contributed by atoms with Crippen LogP contribution in [0.3, 0.4) is 0 Å². The number of nitrogens with two attached hydrogens (primary N) is 1. The predicted molar refractivity (Wildman–Crippen MR) is 116 cm³/mol. The van der Waals surface area contributed by atoms with Gasteiger partial charge in [0.25, 0.3) is 0 Å². The summed E-state index contributed by atoms with van der Waals surface area (Å²) in [4.78, 5) is 12.4. The summed E-state index contributed by atoms with van der Waals surface area (Å²) in [6.45, 7) is 1.95. The van der Waals surface area contributed by atoms with Crippen LogP contribution in [0.5, 0.6) is 11.5 Å². The van der Waals surface area contributed by atoms with E-state index >= 15 is 0 Å². The van der Waals surface area contributed by atoms with Gasteiger partial charge in [-0.2, -0.15) is 5.26 Å². The minimum Gasteiger partial charge on any atom is -0.440 e. The van der Waals surface area contributed by atoms with Crippen molar-refractivity contribution in [1.29, 1.82) is 5.26 Å². The Morgan fingerprint density at radius 2 is 1.90 bits per heavy atom. The summed E-state index contributed by atoms with van der Waals surface area (Å²) >= 11 is 3.47. The number of hydrogen-bond donors (Lipinski definition) is 1. The molecule has 0 bridgehead atoms. The molecule has 0 aliphatic carbocycles. The molecular weight excluding hydrogens is 444 g/mol. The Kier molecular flexibility index (Phi) is 5.30. The lowest BCUT2D eigenvalue weighted by Crippen LogP contribution is -2.21. The maximum atomic E-state index is 12.4. The number of carbonyl (C=O) groups is 1. The summed E-state index contributed by atoms with van der Waals surface area (Å²) in [7, 11) is 0. The monoisotopic (exact) mass is 460 g/mol. The van der Waals surface area contributed by atoms with Gasteiger partial charge in [-0.3, -0.25) is 0 Å². The zero-order valence-corrected chi connectivity index (χ0v) is 17.6. The van der Waals surface area contributed by atoms with Crippen molar-refractivity contribution in [3.63, 3.8) is 0 Å². The topological polar surface area (TPSA) is 85.3 Å². The van der Waals surface area contributed by atoms with E-state index in [1.807, 2.05) is 43.3 Å². The molecule has 1 aliphatic heterocycles. The summed E-state index contributed by atoms with van der Waals surface area (Å²) in [5.74, 6) is -0.0168. The lowest BCUT2D eigenvalue weighted by atomic mass is 9.83. The first-order valence-electron chi connectivity index (χ1n) is 9.22. The lowest BCUT2D eigenvalue weighted by Gasteiger charge is -2.26. The molecule has 0 amide bonds. The van der Waals surface area contributed by atoms with E-state index < -0.39 is 5.97 Å². The van der Waals surface area contributed by atoms with E-state index in [1.54, 1.807) is 30.3 Å². The molecule has 0 spiro atoms. The Morgan fingerprint density at radius 1 is 1.13 bits per heavy atom. The van der Waals surface area contributed by atoms with Gasteiger partial charge in [0.2, 0.25) is 5.88 Å². The molecule has 0 aromatic heterocycles. The van der Waals surface area contributed by atoms with Crippen LogP contribution >= 0.6 is 15.9 Å². The zero-order valence-electron chi connectivity index (χ0n) is 16.1. The Labute approximate surface area is 182 Å². The highest BCUT2D eigenvalue weighted by Gasteiger charge is 2.31. The van der Waals surface area contributed by atoms with Crippen molar-refractivity contribution in [2.24, 2.45) is 5.73 Å². The number of rotatable bonds is 3. The molecule has 1 unspecified atom stereocenters. The third-order valence-electron chi connectivity index (χ3n) is 4.87. The van der Waals surface area contributed by atoms with E-state index in [2.05, 4.69) is 22.0 Å². The number of halogens is 1. The largest absolute Gasteiger partial charge is 0.440 e. The first kappa shape index (κ1) is 19.7. The second-order valence-corrected chi connectivity index (χ2v) is 7.85. The van der Waals surface area contributed by atoms with Crippen LogP contribution in [0, 0.1) is 18.3 Å².